The number of rotatable bonds is 29. The lowest BCUT2D eigenvalue weighted by atomic mass is 9.81. The summed E-state index contributed by atoms with van der Waals surface area (Å²) in [4.78, 5) is 68.0. The molecule has 0 bridgehead atoms. The van der Waals surface area contributed by atoms with Gasteiger partial charge in [-0.3, -0.25) is 28.2 Å². The Bertz CT molecular complexity index is 3390. The molecule has 2 aromatic carbocycles. The van der Waals surface area contributed by atoms with Crippen LogP contribution in [0.3, 0.4) is 0 Å². The normalized spacial score (nSPS) is 22.3. The van der Waals surface area contributed by atoms with Gasteiger partial charge in [-0.2, -0.15) is 26.6 Å². The predicted octanol–water partition coefficient (Wildman–Crippen LogP) is 5.51. The number of benzene rings is 2. The number of amides is 1. The third-order valence-corrected chi connectivity index (χ3v) is 19.8. The van der Waals surface area contributed by atoms with Crippen LogP contribution in [0, 0.1) is 0 Å². The van der Waals surface area contributed by atoms with Crippen molar-refractivity contribution in [1.82, 2.24) is 29.9 Å². The number of unbranched alkanes of at least 4 members (excludes halogenated alkanes) is 5. The van der Waals surface area contributed by atoms with E-state index in [0.29, 0.717) is 58.2 Å². The fourth-order valence-electron chi connectivity index (χ4n) is 9.99. The van der Waals surface area contributed by atoms with Crippen LogP contribution in [0.5, 0.6) is 0 Å². The number of phosphoric ester groups is 1. The summed E-state index contributed by atoms with van der Waals surface area (Å²) in [5.41, 5.74) is 9.12. The van der Waals surface area contributed by atoms with Gasteiger partial charge in [0.25, 0.3) is 15.7 Å². The molecule has 7 rings (SSSR count). The number of nitrogens with one attached hydrogen (secondary N) is 3. The SMILES string of the molecule is CCN1/C(=C/C=C/C2=[N+](CCCCCC(=O)NCCCCCCNP(=O)(O)OP(=O)(O)OP(=O)(O)OCC3OC(n4cnc5c(=O)[nH]c(N)nc54)C(O)C3O)c3ccc(S(=O)(=O)O)cc3C2(C)C)C(C)(C)c2cc(SOOO)ccc21. The van der Waals surface area contributed by atoms with Gasteiger partial charge in [0.1, 0.15) is 24.9 Å². The second-order valence-electron chi connectivity index (χ2n) is 20.2. The Kier molecular flexibility index (Phi) is 20.7. The molecule has 1 saturated heterocycles. The monoisotopic (exact) mass is 1230 g/mol. The number of anilines is 2. The van der Waals surface area contributed by atoms with Crippen molar-refractivity contribution in [2.75, 3.05) is 43.4 Å². The number of aromatic nitrogens is 4. The maximum Gasteiger partial charge on any atom is 0.489 e. The number of aromatic amines is 1. The van der Waals surface area contributed by atoms with E-state index in [-0.39, 0.29) is 47.3 Å². The summed E-state index contributed by atoms with van der Waals surface area (Å²) < 4.78 is 98.4. The topological polar surface area (TPSA) is 419 Å². The summed E-state index contributed by atoms with van der Waals surface area (Å²) in [6.07, 6.45) is 4.85. The number of allylic oxidation sites excluding steroid dienone is 4. The minimum absolute atomic E-state index is 0.125. The number of carbonyl (C=O) groups is 1. The highest BCUT2D eigenvalue weighted by atomic mass is 32.2. The minimum atomic E-state index is -5.77. The van der Waals surface area contributed by atoms with Crippen LogP contribution in [-0.2, 0) is 66.7 Å². The number of imidazole rings is 1. The number of H-pyrrole nitrogens is 1. The average molecular weight is 1240 g/mol. The molecule has 7 unspecified atom stereocenters. The van der Waals surface area contributed by atoms with Crippen LogP contribution < -0.4 is 26.6 Å². The molecule has 0 aliphatic carbocycles. The van der Waals surface area contributed by atoms with Crippen LogP contribution in [0.4, 0.5) is 17.3 Å². The van der Waals surface area contributed by atoms with Crippen molar-refractivity contribution in [3.8, 4) is 0 Å². The van der Waals surface area contributed by atoms with E-state index in [2.05, 4.69) is 84.2 Å². The molecule has 2 aromatic heterocycles. The van der Waals surface area contributed by atoms with Crippen molar-refractivity contribution in [3.05, 3.63) is 88.1 Å². The number of aliphatic hydroxyl groups is 2. The number of ether oxygens (including phenoxy) is 1. The van der Waals surface area contributed by atoms with E-state index < -0.39 is 81.0 Å². The maximum absolute atomic E-state index is 12.7. The fraction of sp³-hybridized carbons (Fsp3) is 0.511. The van der Waals surface area contributed by atoms with Crippen LogP contribution in [0.15, 0.2) is 81.2 Å². The van der Waals surface area contributed by atoms with Crippen molar-refractivity contribution in [2.45, 2.75) is 131 Å². The predicted molar refractivity (Wildman–Crippen MR) is 293 cm³/mol. The van der Waals surface area contributed by atoms with Gasteiger partial charge in [-0.1, -0.05) is 37.8 Å². The number of nitrogen functional groups attached to an aromatic ring is 1. The highest BCUT2D eigenvalue weighted by Crippen LogP contribution is 2.66. The van der Waals surface area contributed by atoms with E-state index in [4.69, 9.17) is 15.7 Å². The molecule has 5 heterocycles. The van der Waals surface area contributed by atoms with Gasteiger partial charge in [0.15, 0.2) is 23.1 Å². The van der Waals surface area contributed by atoms with Gasteiger partial charge in [0, 0.05) is 71.9 Å². The van der Waals surface area contributed by atoms with Crippen molar-refractivity contribution < 1.29 is 93.4 Å². The first-order valence-electron chi connectivity index (χ1n) is 25.5. The molecule has 29 nitrogen and oxygen atoms in total. The highest BCUT2D eigenvalue weighted by Gasteiger charge is 2.48. The van der Waals surface area contributed by atoms with Crippen LogP contribution in [0.1, 0.15) is 103 Å². The first-order valence-corrected chi connectivity index (χ1v) is 32.3. The lowest BCUT2D eigenvalue weighted by Gasteiger charge is -2.25. The van der Waals surface area contributed by atoms with E-state index in [1.165, 1.54) is 12.1 Å². The molecule has 1 fully saturated rings. The first-order chi connectivity index (χ1) is 38.0. The van der Waals surface area contributed by atoms with Crippen molar-refractivity contribution in [1.29, 1.82) is 0 Å². The van der Waals surface area contributed by atoms with E-state index in [9.17, 15) is 61.1 Å². The van der Waals surface area contributed by atoms with Crippen molar-refractivity contribution >= 4 is 85.7 Å². The summed E-state index contributed by atoms with van der Waals surface area (Å²) in [5, 5.41) is 38.5. The van der Waals surface area contributed by atoms with Gasteiger partial charge in [-0.05, 0) is 88.4 Å². The van der Waals surface area contributed by atoms with Gasteiger partial charge >= 0.3 is 23.4 Å². The molecule has 3 aliphatic rings. The number of nitrogens with zero attached hydrogens (tertiary/aromatic N) is 5. The molecule has 0 radical (unpaired) electrons. The second kappa shape index (κ2) is 26.1. The molecule has 1 amide bonds. The third kappa shape index (κ3) is 15.4. The Morgan fingerprint density at radius 1 is 0.951 bits per heavy atom. The molecule has 7 atom stereocenters. The summed E-state index contributed by atoms with van der Waals surface area (Å²) in [6, 6.07) is 10.5. The molecule has 12 N–H and O–H groups in total. The molecule has 34 heteroatoms. The van der Waals surface area contributed by atoms with E-state index in [0.717, 1.165) is 61.7 Å². The molecule has 81 heavy (non-hydrogen) atoms. The zero-order chi connectivity index (χ0) is 59.3. The fourth-order valence-corrected chi connectivity index (χ4v) is 14.6. The molecule has 4 aromatic rings. The van der Waals surface area contributed by atoms with Crippen LogP contribution in [0.25, 0.3) is 11.2 Å². The second-order valence-corrected chi connectivity index (χ2v) is 27.2. The zero-order valence-corrected chi connectivity index (χ0v) is 49.0. The van der Waals surface area contributed by atoms with Crippen LogP contribution in [0.2, 0.25) is 0 Å². The summed E-state index contributed by atoms with van der Waals surface area (Å²) in [7, 11) is -20.9. The van der Waals surface area contributed by atoms with Gasteiger partial charge < -0.3 is 45.6 Å². The smallest absolute Gasteiger partial charge is 0.387 e. The quantitative estimate of drug-likeness (QED) is 0.00607. The van der Waals surface area contributed by atoms with E-state index in [1.54, 1.807) is 6.07 Å². The highest BCUT2D eigenvalue weighted by molar-refractivity contribution is 7.94. The minimum Gasteiger partial charge on any atom is -0.387 e. The number of likely N-dealkylation sites (N-methyl/N-ethyl adjacent to an activating group) is 1. The number of fused-ring (bicyclic) bond motifs is 3. The summed E-state index contributed by atoms with van der Waals surface area (Å²) in [6.45, 7) is 10.7. The average Bonchev–Trinajstić information content (AvgIpc) is 4.17. The van der Waals surface area contributed by atoms with Crippen LogP contribution >= 0.6 is 35.4 Å². The number of hydrogen-bond acceptors (Lipinski definition) is 21. The van der Waals surface area contributed by atoms with Crippen molar-refractivity contribution in [2.24, 2.45) is 0 Å². The summed E-state index contributed by atoms with van der Waals surface area (Å²) in [5.74, 6) is -0.429. The summed E-state index contributed by atoms with van der Waals surface area (Å²) >= 11 is 0.890. The molecule has 446 valence electrons. The number of phosphoric acid groups is 2. The Hall–Kier alpha value is -4.56. The number of aliphatic hydroxyl groups excluding tert-OH is 2. The Labute approximate surface area is 469 Å². The van der Waals surface area contributed by atoms with Gasteiger partial charge in [-0.25, -0.2) is 29.0 Å². The third-order valence-electron chi connectivity index (χ3n) is 13.9. The lowest BCUT2D eigenvalue weighted by Crippen LogP contribution is -2.33. The number of hydrogen-bond donors (Lipinski definition) is 11. The van der Waals surface area contributed by atoms with Gasteiger partial charge in [-0.15, -0.1) is 4.33 Å². The zero-order valence-electron chi connectivity index (χ0n) is 44.7. The first kappa shape index (κ1) is 64.0. The van der Waals surface area contributed by atoms with Crippen molar-refractivity contribution in [3.63, 3.8) is 0 Å². The standard InChI is InChI=1S/C47H66N9O20P3S2/c1-6-54-33-20-18-29(80-74-73-61)25-31(33)46(2,3)36(54)15-14-16-37-47(4,5)32-26-30(81(68,69)70)19-21-34(32)55(37)24-13-9-10-17-38(57)49-22-11-7-8-12-23-51-77(62,63)75-79(66,67)76-78(64,65)71-27-35-40(58)41(59)44(72-35)56-28-50-39-42(56)52-45(48)53-43(39)60/h14-16,18-21,25-26,28,35,40-41,44,58-59H,6-13,17,22-24,27H2,1-5H3,(H9-,48,49,51,52,53,57,60,61,62,63,64,65,66,67,68,69,70)/p+1. The number of carbonyl (C=O) groups excluding carboxylic acids is 1. The molecule has 0 saturated carbocycles. The van der Waals surface area contributed by atoms with E-state index >= 15 is 0 Å². The Balaban J connectivity index is 0.818. The Morgan fingerprint density at radius 2 is 1.67 bits per heavy atom. The largest absolute Gasteiger partial charge is 0.489 e. The van der Waals surface area contributed by atoms with Gasteiger partial charge in [0.2, 0.25) is 17.5 Å². The van der Waals surface area contributed by atoms with Crippen LogP contribution in [-0.4, -0.2) is 130 Å². The molecular formula is C47H67N9O20P3S2+. The lowest BCUT2D eigenvalue weighted by molar-refractivity contribution is -0.438. The maximum atomic E-state index is 12.7. The van der Waals surface area contributed by atoms with Gasteiger partial charge in [0.05, 0.1) is 35.3 Å². The molecule has 0 spiro atoms. The molecular weight excluding hydrogens is 1170 g/mol. The van der Waals surface area contributed by atoms with E-state index in [1.807, 2.05) is 44.2 Å². The number of nitrogens with two attached hydrogens (primary N) is 1. The molecule has 3 aliphatic heterocycles. The Morgan fingerprint density at radius 3 is 2.37 bits per heavy atom.